The van der Waals surface area contributed by atoms with Gasteiger partial charge in [-0.3, -0.25) is 0 Å². The van der Waals surface area contributed by atoms with E-state index in [1.807, 2.05) is 12.1 Å². The van der Waals surface area contributed by atoms with E-state index in [9.17, 15) is 4.39 Å². The fourth-order valence-electron chi connectivity index (χ4n) is 0.533. The molecule has 1 aromatic rings. The molecule has 0 aliphatic carbocycles. The molecule has 0 unspecified atom stereocenters. The van der Waals surface area contributed by atoms with Crippen LogP contribution in [0.5, 0.6) is 0 Å². The van der Waals surface area contributed by atoms with Crippen molar-refractivity contribution in [3.8, 4) is 0 Å². The predicted molar refractivity (Wildman–Crippen MR) is 81.4 cm³/mol. The van der Waals surface area contributed by atoms with E-state index in [-0.39, 0.29) is 5.82 Å². The van der Waals surface area contributed by atoms with Gasteiger partial charge in [-0.05, 0) is 0 Å². The third-order valence-corrected chi connectivity index (χ3v) is 1.68. The summed E-state index contributed by atoms with van der Waals surface area (Å²) in [5, 5.41) is 86.0. The molecule has 0 spiro atoms. The van der Waals surface area contributed by atoms with E-state index >= 15 is 0 Å². The number of rotatable bonds is 0. The Morgan fingerprint density at radius 3 is 0.833 bits per heavy atom. The van der Waals surface area contributed by atoms with Gasteiger partial charge < -0.3 is 60.3 Å². The average molecular weight is 365 g/mol. The van der Waals surface area contributed by atoms with Gasteiger partial charge in [-0.2, -0.15) is 0 Å². The van der Waals surface area contributed by atoms with E-state index < -0.39 is 29.3 Å². The summed E-state index contributed by atoms with van der Waals surface area (Å²) in [6.07, 6.45) is 0. The third kappa shape index (κ3) is 97.4. The second kappa shape index (κ2) is 22.9. The Labute approximate surface area is 154 Å². The minimum Gasteiger partial charge on any atom is -0.402 e. The molecule has 0 fully saturated rings. The number of hydrogen-bond donors (Lipinski definition) is 12. The van der Waals surface area contributed by atoms with E-state index in [1.54, 1.807) is 0 Å². The summed E-state index contributed by atoms with van der Waals surface area (Å²) in [5.74, 6) is -0.149. The summed E-state index contributed by atoms with van der Waals surface area (Å²) in [7, 11) is -8.67. The monoisotopic (exact) mass is 366 g/mol. The summed E-state index contributed by atoms with van der Waals surface area (Å²) in [6.45, 7) is 0. The second-order valence-corrected chi connectivity index (χ2v) is 4.34. The molecule has 0 aromatic heterocycles. The smallest absolute Gasteiger partial charge is 0.402 e. The zero-order valence-electron chi connectivity index (χ0n) is 12.4. The van der Waals surface area contributed by atoms with Crippen LogP contribution in [0.2, 0.25) is 0 Å². The molecule has 18 heteroatoms. The number of halogens is 1. The molecule has 0 bridgehead atoms. The van der Waals surface area contributed by atoms with Crippen LogP contribution in [-0.4, -0.2) is 118 Å². The van der Waals surface area contributed by atoms with Crippen LogP contribution in [0.4, 0.5) is 4.39 Å². The van der Waals surface area contributed by atoms with Gasteiger partial charge in [-0.1, -0.05) is 0 Å². The van der Waals surface area contributed by atoms with Crippen molar-refractivity contribution in [2.24, 2.45) is 0 Å². The molecule has 0 saturated heterocycles. The molecule has 0 radical (unpaired) electrons. The Hall–Kier alpha value is -0.0703. The average Bonchev–Trinajstić information content (AvgIpc) is 2.30. The molecular formula is C6H16B4FNaO12. The maximum atomic E-state index is 12.1. The van der Waals surface area contributed by atoms with Crippen LogP contribution in [0.1, 0.15) is 0 Å². The van der Waals surface area contributed by atoms with Crippen LogP contribution in [0.3, 0.4) is 0 Å². The van der Waals surface area contributed by atoms with Crippen molar-refractivity contribution in [2.75, 3.05) is 0 Å². The normalized spacial score (nSPS) is 7.62. The van der Waals surface area contributed by atoms with E-state index in [1.165, 1.54) is 14.9 Å². The van der Waals surface area contributed by atoms with E-state index in [0.29, 0.717) is 0 Å². The van der Waals surface area contributed by atoms with Gasteiger partial charge >= 0.3 is 94.5 Å². The van der Waals surface area contributed by atoms with Crippen molar-refractivity contribution in [3.63, 3.8) is 0 Å². The third-order valence-electron chi connectivity index (χ3n) is 1.01. The Morgan fingerprint density at radius 1 is 0.542 bits per heavy atom. The first-order valence-electron chi connectivity index (χ1n) is 5.61. The number of benzene rings is 1. The Morgan fingerprint density at radius 2 is 0.708 bits per heavy atom. The Balaban J connectivity index is -0.000000110. The van der Waals surface area contributed by atoms with E-state index in [0.717, 1.165) is 27.9 Å². The first-order chi connectivity index (χ1) is 10.7. The number of hydrogen-bond acceptors (Lipinski definition) is 12. The molecule has 132 valence electrons. The van der Waals surface area contributed by atoms with Gasteiger partial charge in [-0.15, -0.1) is 0 Å². The quantitative estimate of drug-likeness (QED) is 0.192. The zero-order chi connectivity index (χ0) is 20.3. The molecule has 24 heavy (non-hydrogen) atoms. The molecule has 0 heterocycles. The van der Waals surface area contributed by atoms with Crippen molar-refractivity contribution in [1.82, 2.24) is 0 Å². The van der Waals surface area contributed by atoms with Gasteiger partial charge in [0, 0.05) is 0 Å². The zero-order valence-corrected chi connectivity index (χ0v) is 14.4. The summed E-state index contributed by atoms with van der Waals surface area (Å²) >= 11 is 1.00. The van der Waals surface area contributed by atoms with Crippen molar-refractivity contribution >= 4 is 60.0 Å². The van der Waals surface area contributed by atoms with Crippen LogP contribution >= 0.6 is 0 Å². The van der Waals surface area contributed by atoms with Crippen LogP contribution in [0, 0.1) is 5.82 Å². The first kappa shape index (κ1) is 31.7. The summed E-state index contributed by atoms with van der Waals surface area (Å²) in [4.78, 5) is 0. The van der Waals surface area contributed by atoms with Crippen LogP contribution in [-0.2, 0) is 0 Å². The molecule has 1 aromatic carbocycles. The maximum absolute atomic E-state index is 12.1. The Bertz CT molecular complexity index is 289. The van der Waals surface area contributed by atoms with Crippen LogP contribution in [0.15, 0.2) is 24.3 Å². The topological polar surface area (TPSA) is 243 Å². The molecule has 1 rings (SSSR count). The minimum atomic E-state index is -2.17. The largest absolute Gasteiger partial charge is 0.631 e. The Kier molecular flexibility index (Phi) is 30.3. The first-order valence-corrected chi connectivity index (χ1v) is 6.61. The molecule has 0 aliphatic heterocycles. The fraction of sp³-hybridized carbons (Fsp3) is 0. The molecule has 0 saturated carbocycles. The summed E-state index contributed by atoms with van der Waals surface area (Å²) < 4.78 is 13.3. The van der Waals surface area contributed by atoms with Gasteiger partial charge in [0.15, 0.2) is 0 Å². The van der Waals surface area contributed by atoms with E-state index in [4.69, 9.17) is 60.3 Å². The van der Waals surface area contributed by atoms with Crippen LogP contribution in [0.25, 0.3) is 0 Å². The van der Waals surface area contributed by atoms with Crippen molar-refractivity contribution in [3.05, 3.63) is 30.1 Å². The second-order valence-electron chi connectivity index (χ2n) is 3.18. The molecule has 12 N–H and O–H groups in total. The predicted octanol–water partition coefficient (Wildman–Crippen LogP) is -7.59. The van der Waals surface area contributed by atoms with Gasteiger partial charge in [0.1, 0.15) is 0 Å². The van der Waals surface area contributed by atoms with Crippen molar-refractivity contribution in [2.45, 2.75) is 0 Å². The van der Waals surface area contributed by atoms with Gasteiger partial charge in [0.25, 0.3) is 0 Å². The molecule has 12 nitrogen and oxygen atoms in total. The van der Waals surface area contributed by atoms with Gasteiger partial charge in [0.05, 0.1) is 0 Å². The van der Waals surface area contributed by atoms with Gasteiger partial charge in [0.2, 0.25) is 0 Å². The molecular weight excluding hydrogens is 349 g/mol. The van der Waals surface area contributed by atoms with Crippen molar-refractivity contribution in [1.29, 1.82) is 0 Å². The summed E-state index contributed by atoms with van der Waals surface area (Å²) in [6, 6.07) is 6.59. The van der Waals surface area contributed by atoms with E-state index in [2.05, 4.69) is 0 Å². The molecule has 0 atom stereocenters. The standard InChI is InChI=1S/C6H4F.4BH3O3.Na/c7-6-4-2-1-3-5-6;4*2-1(3)4;/h2-5H;4*2-4H;. The summed E-state index contributed by atoms with van der Waals surface area (Å²) in [5.41, 5.74) is 0. The molecule has 0 aliphatic rings. The maximum Gasteiger partial charge on any atom is 0.631 e. The minimum absolute atomic E-state index is 0.149. The van der Waals surface area contributed by atoms with Crippen LogP contribution < -0.4 is 2.81 Å². The SMILES string of the molecule is Fc1cc[c]([Na])cc1.OB(O)O.OB(O)O.OB(O)O.OB(O)O. The van der Waals surface area contributed by atoms with Gasteiger partial charge in [-0.25, -0.2) is 0 Å². The fourth-order valence-corrected chi connectivity index (χ4v) is 0.867. The van der Waals surface area contributed by atoms with Crippen molar-refractivity contribution < 1.29 is 64.7 Å². The molecule has 0 amide bonds.